The molecular weight excluding hydrogens is 282 g/mol. The minimum atomic E-state index is -0.621. The molecule has 22 heavy (non-hydrogen) atoms. The lowest BCUT2D eigenvalue weighted by atomic mass is 10.2. The van der Waals surface area contributed by atoms with Crippen LogP contribution in [0.15, 0.2) is 39.9 Å². The van der Waals surface area contributed by atoms with Crippen molar-refractivity contribution in [1.29, 1.82) is 0 Å². The second-order valence-corrected chi connectivity index (χ2v) is 4.77. The van der Waals surface area contributed by atoms with Crippen LogP contribution in [0.4, 0.5) is 0 Å². The average Bonchev–Trinajstić information content (AvgIpc) is 2.53. The van der Waals surface area contributed by atoms with Crippen LogP contribution in [0.2, 0.25) is 0 Å². The molecule has 0 saturated carbocycles. The largest absolute Gasteiger partial charge is 0.352 e. The highest BCUT2D eigenvalue weighted by Crippen LogP contribution is 2.10. The van der Waals surface area contributed by atoms with Gasteiger partial charge < -0.3 is 0 Å². The molecule has 2 heterocycles. The first-order chi connectivity index (χ1) is 10.6. The van der Waals surface area contributed by atoms with Crippen LogP contribution in [-0.4, -0.2) is 24.3 Å². The van der Waals surface area contributed by atoms with Crippen LogP contribution < -0.4 is 11.2 Å². The summed E-state index contributed by atoms with van der Waals surface area (Å²) in [5.41, 5.74) is 0.00809. The van der Waals surface area contributed by atoms with Crippen molar-refractivity contribution >= 4 is 12.2 Å². The molecule has 1 aromatic rings. The summed E-state index contributed by atoms with van der Waals surface area (Å²) in [6.07, 6.45) is 3.56. The molecule has 0 aliphatic carbocycles. The van der Waals surface area contributed by atoms with Crippen molar-refractivity contribution in [2.24, 2.45) is 14.1 Å². The molecule has 0 radical (unpaired) electrons. The molecular formula is C15H13N5O2. The van der Waals surface area contributed by atoms with Crippen LogP contribution in [0.3, 0.4) is 0 Å². The fourth-order valence-corrected chi connectivity index (χ4v) is 2.03. The molecule has 0 saturated heterocycles. The first kappa shape index (κ1) is 13.9. The fourth-order valence-electron chi connectivity index (χ4n) is 2.03. The molecule has 0 N–H and O–H groups in total. The van der Waals surface area contributed by atoms with Crippen LogP contribution in [0.25, 0.3) is 23.7 Å². The number of hydrogen-bond acceptors (Lipinski definition) is 5. The van der Waals surface area contributed by atoms with Crippen LogP contribution in [0, 0.1) is 0 Å². The monoisotopic (exact) mass is 295 g/mol. The van der Waals surface area contributed by atoms with Gasteiger partial charge in [0.2, 0.25) is 0 Å². The zero-order valence-electron chi connectivity index (χ0n) is 12.1. The Morgan fingerprint density at radius 3 is 2.45 bits per heavy atom. The topological polar surface area (TPSA) is 82.7 Å². The maximum absolute atomic E-state index is 12.1. The fraction of sp³-hybridized carbons (Fsp3) is 0.133. The van der Waals surface area contributed by atoms with Gasteiger partial charge in [-0.25, -0.2) is 14.5 Å². The number of nitrogens with zero attached hydrogens (tertiary/aromatic N) is 5. The highest BCUT2D eigenvalue weighted by Gasteiger charge is 2.17. The Morgan fingerprint density at radius 1 is 1.00 bits per heavy atom. The lowest BCUT2D eigenvalue weighted by Gasteiger charge is -2.09. The van der Waals surface area contributed by atoms with Crippen molar-refractivity contribution in [3.05, 3.63) is 62.6 Å². The van der Waals surface area contributed by atoms with Gasteiger partial charge in [-0.1, -0.05) is 36.4 Å². The van der Waals surface area contributed by atoms with Gasteiger partial charge in [0, 0.05) is 14.1 Å². The summed E-state index contributed by atoms with van der Waals surface area (Å²) in [5, 5.41) is 4.20. The van der Waals surface area contributed by atoms with E-state index >= 15 is 0 Å². The summed E-state index contributed by atoms with van der Waals surface area (Å²) in [6.45, 7) is 0. The van der Waals surface area contributed by atoms with E-state index in [2.05, 4.69) is 15.1 Å². The Hall–Kier alpha value is -3.09. The molecule has 0 aromatic heterocycles. The van der Waals surface area contributed by atoms with E-state index in [1.54, 1.807) is 13.1 Å². The molecule has 110 valence electrons. The molecule has 7 nitrogen and oxygen atoms in total. The first-order valence-electron chi connectivity index (χ1n) is 6.61. The van der Waals surface area contributed by atoms with Gasteiger partial charge in [-0.05, 0) is 11.6 Å². The predicted molar refractivity (Wildman–Crippen MR) is 82.3 cm³/mol. The van der Waals surface area contributed by atoms with Crippen molar-refractivity contribution in [2.45, 2.75) is 0 Å². The molecule has 0 bridgehead atoms. The van der Waals surface area contributed by atoms with Gasteiger partial charge in [0.1, 0.15) is 0 Å². The van der Waals surface area contributed by atoms with Crippen LogP contribution in [0.1, 0.15) is 11.4 Å². The van der Waals surface area contributed by atoms with Gasteiger partial charge in [-0.2, -0.15) is 10.1 Å². The predicted octanol–water partition coefficient (Wildman–Crippen LogP) is 0.544. The Morgan fingerprint density at radius 2 is 1.73 bits per heavy atom. The Labute approximate surface area is 125 Å². The third-order valence-electron chi connectivity index (χ3n) is 3.22. The van der Waals surface area contributed by atoms with E-state index in [0.717, 1.165) is 10.1 Å². The summed E-state index contributed by atoms with van der Waals surface area (Å²) < 4.78 is 2.32. The number of fused-ring (bicyclic) bond motifs is 1. The van der Waals surface area contributed by atoms with Gasteiger partial charge in [0.05, 0.1) is 0 Å². The normalized spacial score (nSPS) is 11.4. The molecule has 0 spiro atoms. The SMILES string of the molecule is Cn1nc(/C=C\c2ccccc2)nc2c(=O)n(C)c(=O)nc1-2. The van der Waals surface area contributed by atoms with Crippen molar-refractivity contribution in [3.63, 3.8) is 0 Å². The number of benzene rings is 1. The third-order valence-corrected chi connectivity index (χ3v) is 3.22. The van der Waals surface area contributed by atoms with E-state index in [4.69, 9.17) is 0 Å². The Kier molecular flexibility index (Phi) is 3.38. The molecule has 0 fully saturated rings. The van der Waals surface area contributed by atoms with Gasteiger partial charge >= 0.3 is 5.69 Å². The van der Waals surface area contributed by atoms with Gasteiger partial charge in [0.15, 0.2) is 17.3 Å². The van der Waals surface area contributed by atoms with Gasteiger partial charge in [0.25, 0.3) is 5.56 Å². The third kappa shape index (κ3) is 2.44. The lowest BCUT2D eigenvalue weighted by molar-refractivity contribution is 0.670. The molecule has 0 amide bonds. The summed E-state index contributed by atoms with van der Waals surface area (Å²) >= 11 is 0. The van der Waals surface area contributed by atoms with E-state index in [-0.39, 0.29) is 11.5 Å². The molecule has 1 aromatic carbocycles. The number of aryl methyl sites for hydroxylation is 1. The van der Waals surface area contributed by atoms with Gasteiger partial charge in [-0.3, -0.25) is 9.36 Å². The maximum Gasteiger partial charge on any atom is 0.352 e. The highest BCUT2D eigenvalue weighted by molar-refractivity contribution is 5.67. The zero-order valence-corrected chi connectivity index (χ0v) is 12.1. The second kappa shape index (κ2) is 5.36. The molecule has 0 unspecified atom stereocenters. The van der Waals surface area contributed by atoms with Crippen LogP contribution in [-0.2, 0) is 14.1 Å². The minimum absolute atomic E-state index is 0.118. The van der Waals surface area contributed by atoms with Crippen molar-refractivity contribution in [1.82, 2.24) is 24.3 Å². The summed E-state index contributed by atoms with van der Waals surface area (Å²) in [4.78, 5) is 31.7. The van der Waals surface area contributed by atoms with E-state index in [1.165, 1.54) is 11.7 Å². The lowest BCUT2D eigenvalue weighted by Crippen LogP contribution is -2.36. The summed E-state index contributed by atoms with van der Waals surface area (Å²) in [7, 11) is 2.99. The zero-order chi connectivity index (χ0) is 15.7. The standard InChI is InChI=1S/C15H13N5O2/c1-19-14(21)12-13(17-15(19)22)20(2)18-11(16-12)9-8-10-6-4-3-5-7-10/h3-9H,1-2H3/b9-8-. The van der Waals surface area contributed by atoms with Crippen LogP contribution >= 0.6 is 0 Å². The van der Waals surface area contributed by atoms with Crippen LogP contribution in [0.5, 0.6) is 0 Å². The molecule has 0 atom stereocenters. The smallest absolute Gasteiger partial charge is 0.267 e. The average molecular weight is 295 g/mol. The summed E-state index contributed by atoms with van der Waals surface area (Å²) in [5.74, 6) is 0.543. The summed E-state index contributed by atoms with van der Waals surface area (Å²) in [6, 6.07) is 9.68. The number of aromatic nitrogens is 5. The van der Waals surface area contributed by atoms with E-state index in [9.17, 15) is 9.59 Å². The minimum Gasteiger partial charge on any atom is -0.267 e. The number of rotatable bonds is 2. The quantitative estimate of drug-likeness (QED) is 0.689. The van der Waals surface area contributed by atoms with E-state index in [0.29, 0.717) is 5.82 Å². The highest BCUT2D eigenvalue weighted by atomic mass is 16.2. The Bertz CT molecular complexity index is 940. The Balaban J connectivity index is 2.14. The van der Waals surface area contributed by atoms with Crippen molar-refractivity contribution in [2.75, 3.05) is 0 Å². The van der Waals surface area contributed by atoms with Crippen molar-refractivity contribution < 1.29 is 0 Å². The van der Waals surface area contributed by atoms with E-state index < -0.39 is 11.2 Å². The molecule has 2 aliphatic heterocycles. The molecule has 7 heteroatoms. The number of hydrogen-bond donors (Lipinski definition) is 0. The van der Waals surface area contributed by atoms with Crippen molar-refractivity contribution in [3.8, 4) is 11.5 Å². The van der Waals surface area contributed by atoms with Gasteiger partial charge in [-0.15, -0.1) is 0 Å². The second-order valence-electron chi connectivity index (χ2n) is 4.77. The molecule has 3 rings (SSSR count). The molecule has 2 aliphatic rings. The maximum atomic E-state index is 12.1. The van der Waals surface area contributed by atoms with E-state index in [1.807, 2.05) is 36.4 Å². The first-order valence-corrected chi connectivity index (χ1v) is 6.61.